The van der Waals surface area contributed by atoms with Crippen molar-refractivity contribution < 1.29 is 14.2 Å². The number of aryl methyl sites for hydroxylation is 1. The Balaban J connectivity index is 2.80. The van der Waals surface area contributed by atoms with E-state index in [0.29, 0.717) is 11.3 Å². The highest BCUT2D eigenvalue weighted by Crippen LogP contribution is 2.28. The summed E-state index contributed by atoms with van der Waals surface area (Å²) in [7, 11) is -3.35. The monoisotopic (exact) mass is 409 g/mol. The maximum absolute atomic E-state index is 11.2. The third-order valence-electron chi connectivity index (χ3n) is 3.36. The molecule has 1 aromatic rings. The zero-order chi connectivity index (χ0) is 16.8. The molecule has 0 bridgehead atoms. The Bertz CT molecular complexity index is 503. The van der Waals surface area contributed by atoms with Gasteiger partial charge in [0.1, 0.15) is 22.9 Å². The van der Waals surface area contributed by atoms with E-state index in [-0.39, 0.29) is 6.16 Å². The van der Waals surface area contributed by atoms with E-state index >= 15 is 0 Å². The van der Waals surface area contributed by atoms with Crippen molar-refractivity contribution in [3.8, 4) is 0 Å². The third kappa shape index (κ3) is 7.00. The van der Waals surface area contributed by atoms with E-state index in [2.05, 4.69) is 47.5 Å². The van der Waals surface area contributed by atoms with Crippen molar-refractivity contribution in [2.75, 3.05) is 6.61 Å². The lowest BCUT2D eigenvalue weighted by Crippen LogP contribution is -2.22. The Morgan fingerprint density at radius 3 is 2.64 bits per heavy atom. The zero-order valence-corrected chi connectivity index (χ0v) is 17.4. The van der Waals surface area contributed by atoms with Gasteiger partial charge in [-0.15, -0.1) is 0 Å². The quantitative estimate of drug-likeness (QED) is 0.350. The molecule has 1 unspecified atom stereocenters. The van der Waals surface area contributed by atoms with Crippen LogP contribution in [-0.2, 0) is 28.6 Å². The van der Waals surface area contributed by atoms with Crippen LogP contribution in [-0.4, -0.2) is 29.1 Å². The predicted octanol–water partition coefficient (Wildman–Crippen LogP) is 4.54. The number of imidazole rings is 1. The second-order valence-electron chi connectivity index (χ2n) is 6.66. The lowest BCUT2D eigenvalue weighted by atomic mass is 10.2. The average Bonchev–Trinajstić information content (AvgIpc) is 2.67. The predicted molar refractivity (Wildman–Crippen MR) is 96.2 cm³/mol. The van der Waals surface area contributed by atoms with Gasteiger partial charge in [0, 0.05) is 21.1 Å². The molecule has 8 heteroatoms. The number of unbranched alkanes of at least 4 members (excludes halogenated alkanes) is 1. The molecule has 0 aliphatic rings. The molecule has 0 aliphatic heterocycles. The fraction of sp³-hybridized carbons (Fsp3) is 0.786. The summed E-state index contributed by atoms with van der Waals surface area (Å²) in [4.78, 5) is 13.7. The second kappa shape index (κ2) is 9.28. The van der Waals surface area contributed by atoms with E-state index in [1.54, 1.807) is 0 Å². The normalized spacial score (nSPS) is 12.7. The van der Waals surface area contributed by atoms with E-state index in [9.17, 15) is 9.46 Å². The molecule has 5 nitrogen and oxygen atoms in total. The molecular formula is C14H27BrN2O3PSi+. The molecule has 126 valence electrons. The zero-order valence-electron chi connectivity index (χ0n) is 13.9. The number of rotatable bonds is 10. The van der Waals surface area contributed by atoms with Gasteiger partial charge in [0.15, 0.2) is 0 Å². The molecule has 1 N–H and O–H groups in total. The molecule has 1 atom stereocenters. The summed E-state index contributed by atoms with van der Waals surface area (Å²) in [5, 5.41) is 0. The van der Waals surface area contributed by atoms with Crippen molar-refractivity contribution in [3.63, 3.8) is 0 Å². The van der Waals surface area contributed by atoms with Crippen molar-refractivity contribution >= 4 is 32.0 Å². The maximum Gasteiger partial charge on any atom is 0.511 e. The van der Waals surface area contributed by atoms with Gasteiger partial charge in [-0.2, -0.15) is 4.89 Å². The SMILES string of the molecule is CCCCc1nc(Br)c(C[P+](=O)O)n1COCC[Si](C)(C)C. The van der Waals surface area contributed by atoms with Gasteiger partial charge >= 0.3 is 8.03 Å². The van der Waals surface area contributed by atoms with Crippen molar-refractivity contribution in [2.24, 2.45) is 0 Å². The number of hydrogen-bond donors (Lipinski definition) is 1. The Kier molecular flexibility index (Phi) is 8.42. The minimum absolute atomic E-state index is 0.104. The molecular weight excluding hydrogens is 383 g/mol. The van der Waals surface area contributed by atoms with Crippen LogP contribution in [0.15, 0.2) is 4.60 Å². The van der Waals surface area contributed by atoms with Crippen LogP contribution in [0.3, 0.4) is 0 Å². The number of aromatic nitrogens is 2. The second-order valence-corrected chi connectivity index (χ2v) is 14.0. The molecule has 0 spiro atoms. The minimum Gasteiger partial charge on any atom is -0.361 e. The summed E-state index contributed by atoms with van der Waals surface area (Å²) in [6, 6.07) is 1.11. The van der Waals surface area contributed by atoms with Gasteiger partial charge in [-0.3, -0.25) is 0 Å². The van der Waals surface area contributed by atoms with Crippen LogP contribution in [0.2, 0.25) is 25.7 Å². The Morgan fingerprint density at radius 1 is 1.41 bits per heavy atom. The molecule has 1 rings (SSSR count). The first-order valence-electron chi connectivity index (χ1n) is 7.69. The highest BCUT2D eigenvalue weighted by molar-refractivity contribution is 9.10. The molecule has 0 fully saturated rings. The van der Waals surface area contributed by atoms with Crippen LogP contribution >= 0.6 is 24.0 Å². The topological polar surface area (TPSA) is 64.3 Å². The smallest absolute Gasteiger partial charge is 0.361 e. The summed E-state index contributed by atoms with van der Waals surface area (Å²) in [5.74, 6) is 0.925. The standard InChI is InChI=1S/C14H26BrN2O3PSi/c1-5-6-7-13-16-14(15)12(10-21(18)19)17(13)11-20-8-9-22(2,3)4/h5-11H2,1-4H3/p+1. The molecule has 0 saturated heterocycles. The lowest BCUT2D eigenvalue weighted by molar-refractivity contribution is 0.0835. The third-order valence-corrected chi connectivity index (χ3v) is 6.27. The molecule has 1 heterocycles. The summed E-state index contributed by atoms with van der Waals surface area (Å²) < 4.78 is 19.6. The van der Waals surface area contributed by atoms with E-state index < -0.39 is 16.1 Å². The molecule has 0 aliphatic carbocycles. The van der Waals surface area contributed by atoms with Crippen molar-refractivity contribution in [1.29, 1.82) is 0 Å². The van der Waals surface area contributed by atoms with Gasteiger partial charge in [-0.05, 0) is 33.0 Å². The molecule has 22 heavy (non-hydrogen) atoms. The van der Waals surface area contributed by atoms with E-state index in [1.807, 2.05) is 4.57 Å². The summed E-state index contributed by atoms with van der Waals surface area (Å²) in [5.41, 5.74) is 0.753. The minimum atomic E-state index is -2.24. The fourth-order valence-corrected chi connectivity index (χ4v) is 4.11. The van der Waals surface area contributed by atoms with E-state index in [0.717, 1.165) is 43.4 Å². The van der Waals surface area contributed by atoms with E-state index in [4.69, 9.17) is 4.74 Å². The number of nitrogens with zero attached hydrogens (tertiary/aromatic N) is 2. The summed E-state index contributed by atoms with van der Waals surface area (Å²) >= 11 is 3.41. The van der Waals surface area contributed by atoms with Crippen molar-refractivity contribution in [3.05, 3.63) is 16.1 Å². The largest absolute Gasteiger partial charge is 0.511 e. The van der Waals surface area contributed by atoms with Crippen molar-refractivity contribution in [2.45, 2.75) is 64.8 Å². The van der Waals surface area contributed by atoms with Crippen LogP contribution in [0.5, 0.6) is 0 Å². The Labute approximate surface area is 143 Å². The first-order chi connectivity index (χ1) is 10.2. The number of hydrogen-bond acceptors (Lipinski definition) is 3. The Hall–Kier alpha value is -0.0731. The van der Waals surface area contributed by atoms with Crippen LogP contribution in [0.25, 0.3) is 0 Å². The fourth-order valence-electron chi connectivity index (χ4n) is 2.00. The van der Waals surface area contributed by atoms with Crippen molar-refractivity contribution in [1.82, 2.24) is 9.55 Å². The van der Waals surface area contributed by atoms with Crippen LogP contribution in [0, 0.1) is 0 Å². The van der Waals surface area contributed by atoms with Gasteiger partial charge < -0.3 is 9.30 Å². The first-order valence-corrected chi connectivity index (χ1v) is 13.6. The van der Waals surface area contributed by atoms with Gasteiger partial charge in [0.2, 0.25) is 6.16 Å². The highest BCUT2D eigenvalue weighted by atomic mass is 79.9. The summed E-state index contributed by atoms with van der Waals surface area (Å²) in [6.45, 7) is 10.2. The van der Waals surface area contributed by atoms with E-state index in [1.165, 1.54) is 0 Å². The number of ether oxygens (including phenoxy) is 1. The maximum atomic E-state index is 11.2. The highest BCUT2D eigenvalue weighted by Gasteiger charge is 2.23. The van der Waals surface area contributed by atoms with Gasteiger partial charge in [-0.25, -0.2) is 4.98 Å². The van der Waals surface area contributed by atoms with Gasteiger partial charge in [0.25, 0.3) is 0 Å². The molecule has 1 aromatic heterocycles. The number of halogens is 1. The van der Waals surface area contributed by atoms with Gasteiger partial charge in [0.05, 0.1) is 0 Å². The summed E-state index contributed by atoms with van der Waals surface area (Å²) in [6.07, 6.45) is 3.09. The Morgan fingerprint density at radius 2 is 2.09 bits per heavy atom. The van der Waals surface area contributed by atoms with Crippen LogP contribution < -0.4 is 0 Å². The first kappa shape index (κ1) is 20.0. The molecule has 0 amide bonds. The molecule has 0 saturated carbocycles. The van der Waals surface area contributed by atoms with Crippen LogP contribution in [0.1, 0.15) is 31.3 Å². The molecule has 0 radical (unpaired) electrons. The average molecular weight is 410 g/mol. The molecule has 0 aromatic carbocycles. The van der Waals surface area contributed by atoms with Gasteiger partial charge in [-0.1, -0.05) is 33.0 Å². The van der Waals surface area contributed by atoms with Crippen LogP contribution in [0.4, 0.5) is 0 Å². The lowest BCUT2D eigenvalue weighted by Gasteiger charge is -2.16.